The van der Waals surface area contributed by atoms with E-state index in [1.165, 1.54) is 25.7 Å². The van der Waals surface area contributed by atoms with Gasteiger partial charge < -0.3 is 4.90 Å². The van der Waals surface area contributed by atoms with Crippen molar-refractivity contribution < 1.29 is 4.79 Å². The van der Waals surface area contributed by atoms with Crippen LogP contribution >= 0.6 is 0 Å². The summed E-state index contributed by atoms with van der Waals surface area (Å²) in [6.07, 6.45) is 9.80. The number of hydrogen-bond acceptors (Lipinski definition) is 4. The van der Waals surface area contributed by atoms with Gasteiger partial charge in [-0.25, -0.2) is 4.98 Å². The van der Waals surface area contributed by atoms with E-state index in [0.717, 1.165) is 69.8 Å². The Morgan fingerprint density at radius 2 is 1.82 bits per heavy atom. The summed E-state index contributed by atoms with van der Waals surface area (Å²) < 4.78 is 1.87. The van der Waals surface area contributed by atoms with Gasteiger partial charge in [-0.05, 0) is 52.0 Å². The fourth-order valence-electron chi connectivity index (χ4n) is 5.03. The maximum Gasteiger partial charge on any atom is 0.253 e. The Morgan fingerprint density at radius 1 is 1.04 bits per heavy atom. The fraction of sp³-hybridized carbons (Fsp3) is 0.773. The summed E-state index contributed by atoms with van der Waals surface area (Å²) >= 11 is 0. The van der Waals surface area contributed by atoms with Crippen molar-refractivity contribution in [3.05, 3.63) is 27.9 Å². The zero-order valence-electron chi connectivity index (χ0n) is 17.2. The van der Waals surface area contributed by atoms with Crippen molar-refractivity contribution in [1.29, 1.82) is 0 Å². The lowest BCUT2D eigenvalue weighted by Crippen LogP contribution is -2.47. The van der Waals surface area contributed by atoms with Gasteiger partial charge in [0.15, 0.2) is 0 Å². The van der Waals surface area contributed by atoms with Crippen LogP contribution in [0, 0.1) is 0 Å². The number of hydrogen-bond donors (Lipinski definition) is 0. The molecule has 1 unspecified atom stereocenters. The molecule has 0 radical (unpaired) electrons. The van der Waals surface area contributed by atoms with Crippen molar-refractivity contribution in [2.45, 2.75) is 83.2 Å². The first-order valence-corrected chi connectivity index (χ1v) is 11.2. The summed E-state index contributed by atoms with van der Waals surface area (Å²) in [5.74, 6) is 1.54. The first-order chi connectivity index (χ1) is 13.6. The zero-order chi connectivity index (χ0) is 19.5. The molecule has 3 aliphatic rings. The van der Waals surface area contributed by atoms with E-state index in [0.29, 0.717) is 18.5 Å². The molecule has 0 bridgehead atoms. The SMILES string of the molecule is CC1CCCCN1CC(=O)N1CCC(c2cc(=O)n3c(n2)CCCCC3)CC1. The van der Waals surface area contributed by atoms with E-state index in [9.17, 15) is 9.59 Å². The highest BCUT2D eigenvalue weighted by atomic mass is 16.2. The lowest BCUT2D eigenvalue weighted by atomic mass is 9.93. The van der Waals surface area contributed by atoms with Crippen LogP contribution in [0.3, 0.4) is 0 Å². The number of fused-ring (bicyclic) bond motifs is 1. The second kappa shape index (κ2) is 8.76. The normalized spacial score (nSPS) is 24.6. The first kappa shape index (κ1) is 19.6. The summed E-state index contributed by atoms with van der Waals surface area (Å²) in [6, 6.07) is 2.28. The summed E-state index contributed by atoms with van der Waals surface area (Å²) in [5.41, 5.74) is 1.06. The molecule has 2 saturated heterocycles. The number of rotatable bonds is 3. The van der Waals surface area contributed by atoms with E-state index >= 15 is 0 Å². The van der Waals surface area contributed by atoms with Crippen molar-refractivity contribution in [3.8, 4) is 0 Å². The number of aromatic nitrogens is 2. The predicted molar refractivity (Wildman–Crippen MR) is 109 cm³/mol. The van der Waals surface area contributed by atoms with Crippen molar-refractivity contribution in [2.24, 2.45) is 0 Å². The molecule has 0 spiro atoms. The van der Waals surface area contributed by atoms with Gasteiger partial charge in [-0.2, -0.15) is 0 Å². The third kappa shape index (κ3) is 4.32. The van der Waals surface area contributed by atoms with Gasteiger partial charge in [-0.15, -0.1) is 0 Å². The van der Waals surface area contributed by atoms with Gasteiger partial charge in [0.25, 0.3) is 5.56 Å². The molecule has 6 heteroatoms. The Labute approximate surface area is 167 Å². The number of amides is 1. The Bertz CT molecular complexity index is 751. The molecule has 0 aromatic carbocycles. The van der Waals surface area contributed by atoms with E-state index in [1.807, 2.05) is 9.47 Å². The van der Waals surface area contributed by atoms with Gasteiger partial charge in [-0.1, -0.05) is 12.8 Å². The molecule has 0 saturated carbocycles. The highest BCUT2D eigenvalue weighted by Gasteiger charge is 2.28. The molecule has 4 heterocycles. The molecule has 1 amide bonds. The number of likely N-dealkylation sites (tertiary alicyclic amines) is 2. The monoisotopic (exact) mass is 386 g/mol. The van der Waals surface area contributed by atoms with Crippen LogP contribution in [0.2, 0.25) is 0 Å². The minimum atomic E-state index is 0.111. The number of nitrogens with zero attached hydrogens (tertiary/aromatic N) is 4. The Kier molecular flexibility index (Phi) is 6.14. The minimum Gasteiger partial charge on any atom is -0.342 e. The van der Waals surface area contributed by atoms with E-state index in [-0.39, 0.29) is 11.5 Å². The van der Waals surface area contributed by atoms with E-state index in [1.54, 1.807) is 6.07 Å². The highest BCUT2D eigenvalue weighted by molar-refractivity contribution is 5.78. The molecule has 0 N–H and O–H groups in total. The number of carbonyl (C=O) groups excluding carboxylic acids is 1. The number of aryl methyl sites for hydroxylation is 1. The molecule has 6 nitrogen and oxygen atoms in total. The smallest absolute Gasteiger partial charge is 0.253 e. The van der Waals surface area contributed by atoms with Crippen LogP contribution in [0.4, 0.5) is 0 Å². The fourth-order valence-corrected chi connectivity index (χ4v) is 5.03. The van der Waals surface area contributed by atoms with Crippen molar-refractivity contribution in [3.63, 3.8) is 0 Å². The zero-order valence-corrected chi connectivity index (χ0v) is 17.2. The van der Waals surface area contributed by atoms with Crippen LogP contribution in [0.1, 0.15) is 75.7 Å². The maximum absolute atomic E-state index is 12.8. The molecular formula is C22H34N4O2. The average molecular weight is 387 g/mol. The highest BCUT2D eigenvalue weighted by Crippen LogP contribution is 2.27. The molecule has 28 heavy (non-hydrogen) atoms. The second-order valence-corrected chi connectivity index (χ2v) is 8.87. The Hall–Kier alpha value is -1.69. The van der Waals surface area contributed by atoms with Crippen molar-refractivity contribution in [2.75, 3.05) is 26.2 Å². The van der Waals surface area contributed by atoms with Gasteiger partial charge in [0.05, 0.1) is 12.2 Å². The van der Waals surface area contributed by atoms with Crippen molar-refractivity contribution >= 4 is 5.91 Å². The van der Waals surface area contributed by atoms with Gasteiger partial charge in [0.1, 0.15) is 5.82 Å². The van der Waals surface area contributed by atoms with E-state index < -0.39 is 0 Å². The van der Waals surface area contributed by atoms with Gasteiger partial charge in [0, 0.05) is 44.1 Å². The largest absolute Gasteiger partial charge is 0.342 e. The lowest BCUT2D eigenvalue weighted by Gasteiger charge is -2.36. The summed E-state index contributed by atoms with van der Waals surface area (Å²) in [4.78, 5) is 34.6. The third-order valence-corrected chi connectivity index (χ3v) is 6.93. The minimum absolute atomic E-state index is 0.111. The summed E-state index contributed by atoms with van der Waals surface area (Å²) in [5, 5.41) is 0. The second-order valence-electron chi connectivity index (χ2n) is 8.87. The van der Waals surface area contributed by atoms with Crippen LogP contribution in [0.25, 0.3) is 0 Å². The molecule has 154 valence electrons. The van der Waals surface area contributed by atoms with Gasteiger partial charge in [0.2, 0.25) is 5.91 Å². The molecular weight excluding hydrogens is 352 g/mol. The maximum atomic E-state index is 12.8. The standard InChI is InChI=1S/C22H34N4O2/c1-17-7-4-6-11-25(17)16-22(28)24-13-9-18(10-14-24)19-15-21(27)26-12-5-2-3-8-20(26)23-19/h15,17-18H,2-14,16H2,1H3. The summed E-state index contributed by atoms with van der Waals surface area (Å²) in [7, 11) is 0. The first-order valence-electron chi connectivity index (χ1n) is 11.2. The van der Waals surface area contributed by atoms with Crippen LogP contribution < -0.4 is 5.56 Å². The van der Waals surface area contributed by atoms with Gasteiger partial charge >= 0.3 is 0 Å². The molecule has 1 aromatic heterocycles. The van der Waals surface area contributed by atoms with Crippen LogP contribution in [0.15, 0.2) is 10.9 Å². The predicted octanol–water partition coefficient (Wildman–Crippen LogP) is 2.55. The molecule has 1 aromatic rings. The van der Waals surface area contributed by atoms with Crippen LogP contribution in [-0.4, -0.2) is 57.5 Å². The topological polar surface area (TPSA) is 58.4 Å². The molecule has 3 aliphatic heterocycles. The molecule has 0 aliphatic carbocycles. The Balaban J connectivity index is 1.36. The van der Waals surface area contributed by atoms with E-state index in [4.69, 9.17) is 4.98 Å². The van der Waals surface area contributed by atoms with Crippen LogP contribution in [0.5, 0.6) is 0 Å². The summed E-state index contributed by atoms with van der Waals surface area (Å²) in [6.45, 7) is 6.22. The third-order valence-electron chi connectivity index (χ3n) is 6.93. The molecule has 4 rings (SSSR count). The number of piperidine rings is 2. The molecule has 1 atom stereocenters. The van der Waals surface area contributed by atoms with Gasteiger partial charge in [-0.3, -0.25) is 19.1 Å². The van der Waals surface area contributed by atoms with Crippen molar-refractivity contribution in [1.82, 2.24) is 19.4 Å². The molecule has 2 fully saturated rings. The quantitative estimate of drug-likeness (QED) is 0.801. The van der Waals surface area contributed by atoms with Crippen LogP contribution in [-0.2, 0) is 17.8 Å². The number of carbonyl (C=O) groups is 1. The average Bonchev–Trinajstić information content (AvgIpc) is 2.96. The Morgan fingerprint density at radius 3 is 2.61 bits per heavy atom. The van der Waals surface area contributed by atoms with E-state index in [2.05, 4.69) is 11.8 Å². The lowest BCUT2D eigenvalue weighted by molar-refractivity contribution is -0.134.